The highest BCUT2D eigenvalue weighted by Crippen LogP contribution is 2.13. The van der Waals surface area contributed by atoms with Gasteiger partial charge < -0.3 is 10.3 Å². The van der Waals surface area contributed by atoms with Crippen LogP contribution >= 0.6 is 11.7 Å². The van der Waals surface area contributed by atoms with Crippen molar-refractivity contribution in [2.24, 2.45) is 5.92 Å². The second kappa shape index (κ2) is 6.88. The van der Waals surface area contributed by atoms with Gasteiger partial charge in [-0.3, -0.25) is 4.79 Å². The Morgan fingerprint density at radius 2 is 2.04 bits per heavy atom. The predicted octanol–water partition coefficient (Wildman–Crippen LogP) is 1.90. The molecular formula is C16H17N5O2S. The van der Waals surface area contributed by atoms with Gasteiger partial charge in [-0.25, -0.2) is 4.79 Å². The van der Waals surface area contributed by atoms with Crippen LogP contribution in [0.3, 0.4) is 0 Å². The van der Waals surface area contributed by atoms with E-state index in [1.165, 1.54) is 0 Å². The summed E-state index contributed by atoms with van der Waals surface area (Å²) in [5, 5.41) is 2.78. The number of amides is 1. The van der Waals surface area contributed by atoms with Gasteiger partial charge in [-0.2, -0.15) is 13.7 Å². The Morgan fingerprint density at radius 1 is 1.25 bits per heavy atom. The van der Waals surface area contributed by atoms with Gasteiger partial charge >= 0.3 is 5.69 Å². The first-order valence-corrected chi connectivity index (χ1v) is 8.34. The zero-order valence-electron chi connectivity index (χ0n) is 13.4. The van der Waals surface area contributed by atoms with Crippen LogP contribution in [0.2, 0.25) is 0 Å². The van der Waals surface area contributed by atoms with Crippen LogP contribution in [-0.2, 0) is 13.0 Å². The monoisotopic (exact) mass is 343 g/mol. The highest BCUT2D eigenvalue weighted by atomic mass is 32.1. The summed E-state index contributed by atoms with van der Waals surface area (Å²) in [6.07, 6.45) is 0.686. The second-order valence-corrected chi connectivity index (χ2v) is 6.49. The number of H-pyrrole nitrogens is 1. The van der Waals surface area contributed by atoms with E-state index in [4.69, 9.17) is 0 Å². The number of nitrogens with one attached hydrogen (secondary N) is 2. The van der Waals surface area contributed by atoms with Gasteiger partial charge in [0.25, 0.3) is 5.91 Å². The number of nitrogens with zero attached hydrogens (tertiary/aromatic N) is 3. The molecule has 0 spiro atoms. The van der Waals surface area contributed by atoms with Crippen molar-refractivity contribution in [3.05, 3.63) is 51.7 Å². The minimum Gasteiger partial charge on any atom is -0.347 e. The lowest BCUT2D eigenvalue weighted by Gasteiger charge is -2.07. The molecule has 0 saturated heterocycles. The molecule has 2 N–H and O–H groups in total. The quantitative estimate of drug-likeness (QED) is 0.737. The Bertz CT molecular complexity index is 931. The number of aromatic nitrogens is 4. The van der Waals surface area contributed by atoms with Gasteiger partial charge in [-0.1, -0.05) is 19.9 Å². The third-order valence-electron chi connectivity index (χ3n) is 3.43. The molecular weight excluding hydrogens is 326 g/mol. The van der Waals surface area contributed by atoms with Gasteiger partial charge in [-0.15, -0.1) is 0 Å². The van der Waals surface area contributed by atoms with Gasteiger partial charge in [0.05, 0.1) is 11.7 Å². The zero-order chi connectivity index (χ0) is 17.1. The molecule has 3 rings (SSSR count). The van der Waals surface area contributed by atoms with Crippen LogP contribution in [0.1, 0.15) is 35.6 Å². The van der Waals surface area contributed by atoms with E-state index < -0.39 is 5.69 Å². The molecule has 1 amide bonds. The number of rotatable bonds is 5. The van der Waals surface area contributed by atoms with Crippen LogP contribution in [0.15, 0.2) is 29.1 Å². The van der Waals surface area contributed by atoms with Gasteiger partial charge in [0, 0.05) is 12.2 Å². The molecule has 0 aliphatic heterocycles. The Morgan fingerprint density at radius 3 is 2.83 bits per heavy atom. The summed E-state index contributed by atoms with van der Waals surface area (Å²) in [7, 11) is 0. The highest BCUT2D eigenvalue weighted by Gasteiger charge is 2.11. The fourth-order valence-electron chi connectivity index (χ4n) is 2.38. The van der Waals surface area contributed by atoms with E-state index in [0.29, 0.717) is 24.6 Å². The average molecular weight is 343 g/mol. The predicted molar refractivity (Wildman–Crippen MR) is 92.0 cm³/mol. The van der Waals surface area contributed by atoms with Crippen LogP contribution in [0.25, 0.3) is 11.0 Å². The molecule has 0 saturated carbocycles. The molecule has 0 atom stereocenters. The highest BCUT2D eigenvalue weighted by molar-refractivity contribution is 7.00. The molecule has 1 aromatic carbocycles. The van der Waals surface area contributed by atoms with Crippen molar-refractivity contribution in [1.29, 1.82) is 0 Å². The van der Waals surface area contributed by atoms with E-state index >= 15 is 0 Å². The van der Waals surface area contributed by atoms with Gasteiger partial charge in [-0.05, 0) is 36.1 Å². The fraction of sp³-hybridized carbons (Fsp3) is 0.312. The third-order valence-corrected chi connectivity index (χ3v) is 3.99. The summed E-state index contributed by atoms with van der Waals surface area (Å²) < 4.78 is 8.32. The molecule has 0 bridgehead atoms. The zero-order valence-corrected chi connectivity index (χ0v) is 14.2. The van der Waals surface area contributed by atoms with Crippen molar-refractivity contribution < 1.29 is 4.79 Å². The maximum atomic E-state index is 12.3. The fourth-order valence-corrected chi connectivity index (χ4v) is 2.90. The summed E-state index contributed by atoms with van der Waals surface area (Å²) in [6, 6.07) is 7.27. The number of hydrogen-bond acceptors (Lipinski definition) is 6. The molecule has 0 aliphatic carbocycles. The summed E-state index contributed by atoms with van der Waals surface area (Å²) in [6.45, 7) is 4.42. The first-order valence-electron chi connectivity index (χ1n) is 7.61. The van der Waals surface area contributed by atoms with E-state index in [-0.39, 0.29) is 11.6 Å². The maximum absolute atomic E-state index is 12.3. The second-order valence-electron chi connectivity index (χ2n) is 5.96. The minimum absolute atomic E-state index is 0.130. The Balaban J connectivity index is 1.72. The van der Waals surface area contributed by atoms with E-state index in [2.05, 4.69) is 24.0 Å². The normalized spacial score (nSPS) is 11.1. The smallest absolute Gasteiger partial charge is 0.345 e. The molecule has 0 unspecified atom stereocenters. The third kappa shape index (κ3) is 3.83. The molecule has 2 aromatic heterocycles. The van der Waals surface area contributed by atoms with Crippen LogP contribution in [0, 0.1) is 5.92 Å². The van der Waals surface area contributed by atoms with Crippen LogP contribution in [0.5, 0.6) is 0 Å². The lowest BCUT2D eigenvalue weighted by molar-refractivity contribution is 0.0945. The molecule has 2 heterocycles. The van der Waals surface area contributed by atoms with Crippen molar-refractivity contribution in [2.75, 3.05) is 0 Å². The van der Waals surface area contributed by atoms with Crippen molar-refractivity contribution in [3.8, 4) is 0 Å². The van der Waals surface area contributed by atoms with Gasteiger partial charge in [0.1, 0.15) is 16.7 Å². The SMILES string of the molecule is CC(C)Cc1cc(C(=O)NCc2ccc3nsnc3c2)nc(=O)[nH]1. The molecule has 0 aliphatic rings. The Labute approximate surface area is 142 Å². The molecule has 3 aromatic rings. The van der Waals surface area contributed by atoms with Crippen molar-refractivity contribution in [1.82, 2.24) is 24.0 Å². The largest absolute Gasteiger partial charge is 0.347 e. The van der Waals surface area contributed by atoms with Crippen molar-refractivity contribution in [3.63, 3.8) is 0 Å². The first-order chi connectivity index (χ1) is 11.5. The molecule has 124 valence electrons. The van der Waals surface area contributed by atoms with Crippen molar-refractivity contribution >= 4 is 28.7 Å². The Hall–Kier alpha value is -2.61. The summed E-state index contributed by atoms with van der Waals surface area (Å²) in [5.41, 5.74) is 2.89. The number of benzene rings is 1. The molecule has 0 fully saturated rings. The number of aromatic amines is 1. The van der Waals surface area contributed by atoms with E-state index in [0.717, 1.165) is 28.3 Å². The lowest BCUT2D eigenvalue weighted by atomic mass is 10.1. The number of carbonyl (C=O) groups excluding carboxylic acids is 1. The van der Waals surface area contributed by atoms with Crippen LogP contribution in [0.4, 0.5) is 0 Å². The number of hydrogen-bond donors (Lipinski definition) is 2. The van der Waals surface area contributed by atoms with E-state index in [1.54, 1.807) is 6.07 Å². The number of carbonyl (C=O) groups is 1. The topological polar surface area (TPSA) is 101 Å². The van der Waals surface area contributed by atoms with Gasteiger partial charge in [0.15, 0.2) is 0 Å². The summed E-state index contributed by atoms with van der Waals surface area (Å²) >= 11 is 1.16. The molecule has 8 heteroatoms. The maximum Gasteiger partial charge on any atom is 0.345 e. The number of fused-ring (bicyclic) bond motifs is 1. The minimum atomic E-state index is -0.506. The standard InChI is InChI=1S/C16H17N5O2S/c1-9(2)5-11-7-14(19-16(23)18-11)15(22)17-8-10-3-4-12-13(6-10)21-24-20-12/h3-4,6-7,9H,5,8H2,1-2H3,(H,17,22)(H,18,19,23). The van der Waals surface area contributed by atoms with Crippen molar-refractivity contribution in [2.45, 2.75) is 26.8 Å². The van der Waals surface area contributed by atoms with Crippen LogP contribution in [-0.4, -0.2) is 24.6 Å². The average Bonchev–Trinajstić information content (AvgIpc) is 2.99. The van der Waals surface area contributed by atoms with E-state index in [1.807, 2.05) is 32.0 Å². The van der Waals surface area contributed by atoms with E-state index in [9.17, 15) is 9.59 Å². The molecule has 7 nitrogen and oxygen atoms in total. The van der Waals surface area contributed by atoms with Crippen LogP contribution < -0.4 is 11.0 Å². The summed E-state index contributed by atoms with van der Waals surface area (Å²) in [5.74, 6) is 0.0000138. The molecule has 0 radical (unpaired) electrons. The first kappa shape index (κ1) is 16.3. The lowest BCUT2D eigenvalue weighted by Crippen LogP contribution is -2.27. The Kier molecular flexibility index (Phi) is 4.66. The summed E-state index contributed by atoms with van der Waals surface area (Å²) in [4.78, 5) is 30.3. The molecule has 24 heavy (non-hydrogen) atoms. The van der Waals surface area contributed by atoms with Gasteiger partial charge in [0.2, 0.25) is 0 Å².